The van der Waals surface area contributed by atoms with Crippen molar-refractivity contribution in [1.82, 2.24) is 15.1 Å². The van der Waals surface area contributed by atoms with E-state index < -0.39 is 5.91 Å². The molecule has 0 radical (unpaired) electrons. The van der Waals surface area contributed by atoms with Crippen LogP contribution < -0.4 is 11.1 Å². The Balaban J connectivity index is 2.12. The van der Waals surface area contributed by atoms with Crippen molar-refractivity contribution in [3.8, 4) is 0 Å². The highest BCUT2D eigenvalue weighted by molar-refractivity contribution is 6.29. The number of primary amides is 1. The number of amides is 1. The van der Waals surface area contributed by atoms with Crippen LogP contribution in [0.5, 0.6) is 0 Å². The zero-order chi connectivity index (χ0) is 15.5. The van der Waals surface area contributed by atoms with Gasteiger partial charge in [-0.3, -0.25) is 4.79 Å². The number of rotatable bonds is 6. The maximum absolute atomic E-state index is 11.5. The SMILES string of the molecule is CN(C)CC1(CNc2nnc(Cl)cc2C(N)=O)CCCC1. The second-order valence-corrected chi connectivity index (χ2v) is 6.48. The molecule has 1 heterocycles. The summed E-state index contributed by atoms with van der Waals surface area (Å²) in [5.74, 6) is -0.140. The lowest BCUT2D eigenvalue weighted by atomic mass is 9.85. The second kappa shape index (κ2) is 6.58. The van der Waals surface area contributed by atoms with Crippen LogP contribution in [0.1, 0.15) is 36.0 Å². The molecule has 1 aromatic rings. The van der Waals surface area contributed by atoms with E-state index in [9.17, 15) is 4.79 Å². The van der Waals surface area contributed by atoms with Crippen molar-refractivity contribution in [3.05, 3.63) is 16.8 Å². The number of hydrogen-bond acceptors (Lipinski definition) is 5. The van der Waals surface area contributed by atoms with Gasteiger partial charge in [-0.05, 0) is 33.0 Å². The van der Waals surface area contributed by atoms with E-state index in [1.807, 2.05) is 0 Å². The molecule has 0 spiro atoms. The van der Waals surface area contributed by atoms with Gasteiger partial charge in [0, 0.05) is 18.5 Å². The molecule has 1 aliphatic rings. The minimum Gasteiger partial charge on any atom is -0.367 e. The van der Waals surface area contributed by atoms with Gasteiger partial charge in [0.25, 0.3) is 5.91 Å². The molecule has 3 N–H and O–H groups in total. The number of carbonyl (C=O) groups excluding carboxylic acids is 1. The number of carbonyl (C=O) groups is 1. The van der Waals surface area contributed by atoms with Crippen LogP contribution in [0.25, 0.3) is 0 Å². The van der Waals surface area contributed by atoms with Gasteiger partial charge >= 0.3 is 0 Å². The monoisotopic (exact) mass is 311 g/mol. The van der Waals surface area contributed by atoms with Crippen LogP contribution in [0, 0.1) is 5.41 Å². The van der Waals surface area contributed by atoms with Crippen molar-refractivity contribution < 1.29 is 4.79 Å². The van der Waals surface area contributed by atoms with Gasteiger partial charge in [-0.1, -0.05) is 24.4 Å². The molecule has 2 rings (SSSR count). The van der Waals surface area contributed by atoms with Crippen LogP contribution in [0.4, 0.5) is 5.82 Å². The standard InChI is InChI=1S/C14H22ClN5O/c1-20(2)9-14(5-3-4-6-14)8-17-13-10(12(16)21)7-11(15)18-19-13/h7H,3-6,8-9H2,1-2H3,(H2,16,21)(H,17,19). The number of anilines is 1. The molecule has 21 heavy (non-hydrogen) atoms. The molecule has 7 heteroatoms. The van der Waals surface area contributed by atoms with E-state index in [4.69, 9.17) is 17.3 Å². The van der Waals surface area contributed by atoms with Crippen molar-refractivity contribution in [2.75, 3.05) is 32.5 Å². The zero-order valence-corrected chi connectivity index (χ0v) is 13.3. The first-order valence-corrected chi connectivity index (χ1v) is 7.51. The normalized spacial score (nSPS) is 17.1. The van der Waals surface area contributed by atoms with Gasteiger partial charge < -0.3 is 16.0 Å². The Hall–Kier alpha value is -1.40. The lowest BCUT2D eigenvalue weighted by Crippen LogP contribution is -2.37. The average Bonchev–Trinajstić information content (AvgIpc) is 2.85. The predicted octanol–water partition coefficient (Wildman–Crippen LogP) is 1.76. The molecule has 0 bridgehead atoms. The Bertz CT molecular complexity index is 514. The summed E-state index contributed by atoms with van der Waals surface area (Å²) in [5, 5.41) is 11.2. The fourth-order valence-electron chi connectivity index (χ4n) is 3.14. The van der Waals surface area contributed by atoms with Crippen molar-refractivity contribution >= 4 is 23.3 Å². The van der Waals surface area contributed by atoms with Crippen LogP contribution in [-0.2, 0) is 0 Å². The number of nitrogens with one attached hydrogen (secondary N) is 1. The van der Waals surface area contributed by atoms with Gasteiger partial charge in [0.15, 0.2) is 11.0 Å². The van der Waals surface area contributed by atoms with Crippen molar-refractivity contribution in [2.24, 2.45) is 11.1 Å². The molecule has 116 valence electrons. The lowest BCUT2D eigenvalue weighted by molar-refractivity contribution is 0.100. The van der Waals surface area contributed by atoms with E-state index in [-0.39, 0.29) is 16.1 Å². The van der Waals surface area contributed by atoms with Gasteiger partial charge in [0.1, 0.15) is 0 Å². The van der Waals surface area contributed by atoms with Crippen molar-refractivity contribution in [2.45, 2.75) is 25.7 Å². The largest absolute Gasteiger partial charge is 0.367 e. The van der Waals surface area contributed by atoms with Crippen LogP contribution in [0.3, 0.4) is 0 Å². The molecular formula is C14H22ClN5O. The van der Waals surface area contributed by atoms with Crippen LogP contribution >= 0.6 is 11.6 Å². The first-order chi connectivity index (χ1) is 9.92. The van der Waals surface area contributed by atoms with E-state index in [2.05, 4.69) is 34.5 Å². The van der Waals surface area contributed by atoms with Crippen molar-refractivity contribution in [3.63, 3.8) is 0 Å². The van der Waals surface area contributed by atoms with Gasteiger partial charge in [0.05, 0.1) is 5.56 Å². The van der Waals surface area contributed by atoms with E-state index >= 15 is 0 Å². The summed E-state index contributed by atoms with van der Waals surface area (Å²) in [5.41, 5.74) is 5.86. The number of nitrogens with two attached hydrogens (primary N) is 1. The molecule has 1 aliphatic carbocycles. The van der Waals surface area contributed by atoms with Crippen LogP contribution in [-0.4, -0.2) is 48.2 Å². The first-order valence-electron chi connectivity index (χ1n) is 7.13. The summed E-state index contributed by atoms with van der Waals surface area (Å²) in [4.78, 5) is 13.7. The third-order valence-electron chi connectivity index (χ3n) is 3.98. The molecule has 0 saturated heterocycles. The number of nitrogens with zero attached hydrogens (tertiary/aromatic N) is 3. The maximum Gasteiger partial charge on any atom is 0.252 e. The molecule has 0 aromatic carbocycles. The first kappa shape index (κ1) is 16.0. The fourth-order valence-corrected chi connectivity index (χ4v) is 3.29. The minimum absolute atomic E-state index is 0.165. The summed E-state index contributed by atoms with van der Waals surface area (Å²) in [7, 11) is 4.16. The van der Waals surface area contributed by atoms with E-state index in [1.54, 1.807) is 0 Å². The molecule has 1 amide bonds. The smallest absolute Gasteiger partial charge is 0.252 e. The summed E-state index contributed by atoms with van der Waals surface area (Å²) in [6.45, 7) is 1.76. The summed E-state index contributed by atoms with van der Waals surface area (Å²) < 4.78 is 0. The Labute approximate surface area is 130 Å². The van der Waals surface area contributed by atoms with Gasteiger partial charge in [0.2, 0.25) is 0 Å². The van der Waals surface area contributed by atoms with Crippen LogP contribution in [0.15, 0.2) is 6.07 Å². The average molecular weight is 312 g/mol. The number of hydrogen-bond donors (Lipinski definition) is 2. The van der Waals surface area contributed by atoms with Gasteiger partial charge in [-0.15, -0.1) is 10.2 Å². The minimum atomic E-state index is -0.553. The van der Waals surface area contributed by atoms with E-state index in [1.165, 1.54) is 31.7 Å². The predicted molar refractivity (Wildman–Crippen MR) is 83.5 cm³/mol. The Morgan fingerprint density at radius 3 is 2.67 bits per heavy atom. The second-order valence-electron chi connectivity index (χ2n) is 6.09. The Kier molecular flexibility index (Phi) is 5.00. The molecule has 0 aliphatic heterocycles. The highest BCUT2D eigenvalue weighted by Crippen LogP contribution is 2.38. The summed E-state index contributed by atoms with van der Waals surface area (Å²) in [6, 6.07) is 1.45. The maximum atomic E-state index is 11.5. The highest BCUT2D eigenvalue weighted by Gasteiger charge is 2.34. The number of aromatic nitrogens is 2. The zero-order valence-electron chi connectivity index (χ0n) is 12.5. The summed E-state index contributed by atoms with van der Waals surface area (Å²) >= 11 is 5.77. The van der Waals surface area contributed by atoms with Gasteiger partial charge in [-0.2, -0.15) is 0 Å². The molecule has 1 aromatic heterocycles. The van der Waals surface area contributed by atoms with E-state index in [0.717, 1.165) is 13.1 Å². The van der Waals surface area contributed by atoms with E-state index in [0.29, 0.717) is 5.82 Å². The Morgan fingerprint density at radius 1 is 1.43 bits per heavy atom. The molecule has 6 nitrogen and oxygen atoms in total. The third-order valence-corrected chi connectivity index (χ3v) is 4.16. The lowest BCUT2D eigenvalue weighted by Gasteiger charge is -2.32. The fraction of sp³-hybridized carbons (Fsp3) is 0.643. The van der Waals surface area contributed by atoms with Crippen molar-refractivity contribution in [1.29, 1.82) is 0 Å². The molecule has 0 unspecified atom stereocenters. The Morgan fingerprint density at radius 2 is 2.10 bits per heavy atom. The molecular weight excluding hydrogens is 290 g/mol. The number of halogens is 1. The topological polar surface area (TPSA) is 84.1 Å². The molecule has 1 saturated carbocycles. The molecule has 0 atom stereocenters. The van der Waals surface area contributed by atoms with Crippen LogP contribution in [0.2, 0.25) is 5.15 Å². The summed E-state index contributed by atoms with van der Waals surface area (Å²) in [6.07, 6.45) is 4.82. The third kappa shape index (κ3) is 4.04. The van der Waals surface area contributed by atoms with Gasteiger partial charge in [-0.25, -0.2) is 0 Å². The highest BCUT2D eigenvalue weighted by atomic mass is 35.5. The quantitative estimate of drug-likeness (QED) is 0.836. The molecule has 1 fully saturated rings.